The first-order chi connectivity index (χ1) is 7.70. The molecule has 84 valence electrons. The van der Waals surface area contributed by atoms with Gasteiger partial charge in [-0.2, -0.15) is 0 Å². The first-order valence-corrected chi connectivity index (χ1v) is 5.08. The van der Waals surface area contributed by atoms with Gasteiger partial charge in [0.05, 0.1) is 5.56 Å². The summed E-state index contributed by atoms with van der Waals surface area (Å²) >= 11 is 0. The molecule has 0 radical (unpaired) electrons. The number of nitrogens with one attached hydrogen (secondary N) is 1. The monoisotopic (exact) mass is 219 g/mol. The Morgan fingerprint density at radius 1 is 1.50 bits per heavy atom. The fourth-order valence-corrected chi connectivity index (χ4v) is 1.32. The Kier molecular flexibility index (Phi) is 4.68. The van der Waals surface area contributed by atoms with Gasteiger partial charge in [0.1, 0.15) is 5.82 Å². The number of rotatable bonds is 3. The van der Waals surface area contributed by atoms with Crippen LogP contribution in [0, 0.1) is 24.6 Å². The van der Waals surface area contributed by atoms with E-state index in [0.29, 0.717) is 18.3 Å². The maximum atomic E-state index is 13.3. The van der Waals surface area contributed by atoms with Gasteiger partial charge in [0.15, 0.2) is 6.29 Å². The van der Waals surface area contributed by atoms with E-state index in [9.17, 15) is 9.18 Å². The fraction of sp³-hybridized carbons (Fsp3) is 0.308. The van der Waals surface area contributed by atoms with E-state index in [1.807, 2.05) is 14.0 Å². The number of aldehydes is 1. The second kappa shape index (κ2) is 6.04. The summed E-state index contributed by atoms with van der Waals surface area (Å²) < 4.78 is 13.3. The number of hydrogen-bond donors (Lipinski definition) is 1. The van der Waals surface area contributed by atoms with Crippen molar-refractivity contribution in [3.63, 3.8) is 0 Å². The van der Waals surface area contributed by atoms with Gasteiger partial charge in [-0.05, 0) is 25.6 Å². The molecular weight excluding hydrogens is 205 g/mol. The minimum atomic E-state index is -0.515. The van der Waals surface area contributed by atoms with E-state index in [1.165, 1.54) is 6.07 Å². The third kappa shape index (κ3) is 2.91. The lowest BCUT2D eigenvalue weighted by atomic mass is 10.0. The van der Waals surface area contributed by atoms with Crippen molar-refractivity contribution >= 4 is 6.29 Å². The highest BCUT2D eigenvalue weighted by Gasteiger charge is 2.08. The summed E-state index contributed by atoms with van der Waals surface area (Å²) in [5.41, 5.74) is 1.36. The average molecular weight is 219 g/mol. The van der Waals surface area contributed by atoms with Crippen molar-refractivity contribution < 1.29 is 9.18 Å². The first-order valence-electron chi connectivity index (χ1n) is 5.08. The van der Waals surface area contributed by atoms with Gasteiger partial charge in [-0.3, -0.25) is 4.79 Å². The molecule has 1 aromatic rings. The highest BCUT2D eigenvalue weighted by Crippen LogP contribution is 2.15. The Morgan fingerprint density at radius 3 is 2.88 bits per heavy atom. The Balaban J connectivity index is 3.05. The number of aryl methyl sites for hydroxylation is 1. The summed E-state index contributed by atoms with van der Waals surface area (Å²) in [5, 5.41) is 2.96. The number of carbonyl (C=O) groups is 1. The standard InChI is InChI=1S/C13H14FNO/c1-10-6-7-13(14)12(9-16)11(10)5-3-4-8-15-2/h6-7,9,15H,4,8H2,1-2H3. The molecule has 0 saturated heterocycles. The van der Waals surface area contributed by atoms with Crippen molar-refractivity contribution in [3.8, 4) is 11.8 Å². The van der Waals surface area contributed by atoms with Gasteiger partial charge in [0, 0.05) is 18.5 Å². The molecule has 0 atom stereocenters. The van der Waals surface area contributed by atoms with Crippen LogP contribution in [-0.4, -0.2) is 19.9 Å². The van der Waals surface area contributed by atoms with E-state index in [-0.39, 0.29) is 5.56 Å². The molecule has 0 bridgehead atoms. The summed E-state index contributed by atoms with van der Waals surface area (Å²) in [7, 11) is 1.84. The summed E-state index contributed by atoms with van der Waals surface area (Å²) in [6, 6.07) is 2.92. The second-order valence-electron chi connectivity index (χ2n) is 3.43. The molecule has 0 aliphatic heterocycles. The van der Waals surface area contributed by atoms with Crippen LogP contribution in [0.1, 0.15) is 27.9 Å². The van der Waals surface area contributed by atoms with Crippen LogP contribution in [0.4, 0.5) is 4.39 Å². The van der Waals surface area contributed by atoms with E-state index in [1.54, 1.807) is 6.07 Å². The average Bonchev–Trinajstić information content (AvgIpc) is 2.29. The molecule has 0 heterocycles. The normalized spacial score (nSPS) is 9.44. The highest BCUT2D eigenvalue weighted by molar-refractivity contribution is 5.80. The van der Waals surface area contributed by atoms with Crippen LogP contribution < -0.4 is 5.32 Å². The van der Waals surface area contributed by atoms with Crippen LogP contribution in [0.15, 0.2) is 12.1 Å². The molecule has 2 nitrogen and oxygen atoms in total. The van der Waals surface area contributed by atoms with Gasteiger partial charge in [-0.25, -0.2) is 4.39 Å². The molecule has 0 amide bonds. The van der Waals surface area contributed by atoms with Crippen molar-refractivity contribution in [1.82, 2.24) is 5.32 Å². The maximum Gasteiger partial charge on any atom is 0.154 e. The quantitative estimate of drug-likeness (QED) is 0.478. The third-order valence-electron chi connectivity index (χ3n) is 2.23. The zero-order valence-electron chi connectivity index (χ0n) is 9.43. The predicted octanol–water partition coefficient (Wildman–Crippen LogP) is 1.91. The topological polar surface area (TPSA) is 29.1 Å². The van der Waals surface area contributed by atoms with Crippen LogP contribution in [-0.2, 0) is 0 Å². The number of halogens is 1. The molecule has 0 fully saturated rings. The molecule has 0 aliphatic rings. The van der Waals surface area contributed by atoms with Crippen molar-refractivity contribution in [2.45, 2.75) is 13.3 Å². The van der Waals surface area contributed by atoms with Crippen molar-refractivity contribution in [2.75, 3.05) is 13.6 Å². The minimum Gasteiger partial charge on any atom is -0.319 e. The van der Waals surface area contributed by atoms with Crippen molar-refractivity contribution in [3.05, 3.63) is 34.6 Å². The summed E-state index contributed by atoms with van der Waals surface area (Å²) in [6.45, 7) is 2.59. The van der Waals surface area contributed by atoms with E-state index >= 15 is 0 Å². The molecule has 0 aromatic heterocycles. The molecule has 0 saturated carbocycles. The lowest BCUT2D eigenvalue weighted by Gasteiger charge is -2.02. The van der Waals surface area contributed by atoms with Gasteiger partial charge in [-0.1, -0.05) is 17.9 Å². The molecule has 1 rings (SSSR count). The molecule has 16 heavy (non-hydrogen) atoms. The largest absolute Gasteiger partial charge is 0.319 e. The van der Waals surface area contributed by atoms with Gasteiger partial charge in [0.2, 0.25) is 0 Å². The molecule has 3 heteroatoms. The van der Waals surface area contributed by atoms with E-state index in [4.69, 9.17) is 0 Å². The summed E-state index contributed by atoms with van der Waals surface area (Å²) in [6.07, 6.45) is 1.19. The van der Waals surface area contributed by atoms with Crippen LogP contribution >= 0.6 is 0 Å². The van der Waals surface area contributed by atoms with Crippen molar-refractivity contribution in [1.29, 1.82) is 0 Å². The highest BCUT2D eigenvalue weighted by atomic mass is 19.1. The van der Waals surface area contributed by atoms with Crippen molar-refractivity contribution in [2.24, 2.45) is 0 Å². The molecule has 0 unspecified atom stereocenters. The van der Waals surface area contributed by atoms with Crippen LogP contribution in [0.3, 0.4) is 0 Å². The number of benzene rings is 1. The van der Waals surface area contributed by atoms with E-state index < -0.39 is 5.82 Å². The first kappa shape index (κ1) is 12.4. The maximum absolute atomic E-state index is 13.3. The Bertz CT molecular complexity index is 443. The lowest BCUT2D eigenvalue weighted by molar-refractivity contribution is 0.111. The van der Waals surface area contributed by atoms with Crippen LogP contribution in [0.5, 0.6) is 0 Å². The zero-order valence-corrected chi connectivity index (χ0v) is 9.43. The smallest absolute Gasteiger partial charge is 0.154 e. The van der Waals surface area contributed by atoms with Gasteiger partial charge >= 0.3 is 0 Å². The Hall–Kier alpha value is -1.66. The van der Waals surface area contributed by atoms with Crippen LogP contribution in [0.25, 0.3) is 0 Å². The molecule has 0 aliphatic carbocycles. The Morgan fingerprint density at radius 2 is 2.25 bits per heavy atom. The predicted molar refractivity (Wildman–Crippen MR) is 61.9 cm³/mol. The SMILES string of the molecule is CNCCC#Cc1c(C)ccc(F)c1C=O. The molecule has 1 aromatic carbocycles. The van der Waals surface area contributed by atoms with Gasteiger partial charge in [-0.15, -0.1) is 0 Å². The third-order valence-corrected chi connectivity index (χ3v) is 2.23. The second-order valence-corrected chi connectivity index (χ2v) is 3.43. The van der Waals surface area contributed by atoms with Gasteiger partial charge in [0.25, 0.3) is 0 Å². The summed E-state index contributed by atoms with van der Waals surface area (Å²) in [4.78, 5) is 10.8. The van der Waals surface area contributed by atoms with E-state index in [0.717, 1.165) is 12.1 Å². The number of carbonyl (C=O) groups excluding carboxylic acids is 1. The van der Waals surface area contributed by atoms with E-state index in [2.05, 4.69) is 17.2 Å². The van der Waals surface area contributed by atoms with Gasteiger partial charge < -0.3 is 5.32 Å². The fourth-order valence-electron chi connectivity index (χ4n) is 1.32. The zero-order chi connectivity index (χ0) is 12.0. The number of hydrogen-bond acceptors (Lipinski definition) is 2. The van der Waals surface area contributed by atoms with Crippen LogP contribution in [0.2, 0.25) is 0 Å². The molecular formula is C13H14FNO. The summed E-state index contributed by atoms with van der Waals surface area (Å²) in [5.74, 6) is 5.24. The minimum absolute atomic E-state index is 0.0527. The lowest BCUT2D eigenvalue weighted by Crippen LogP contribution is -2.06. The molecule has 0 spiro atoms. The Labute approximate surface area is 94.9 Å². The molecule has 1 N–H and O–H groups in total.